The minimum absolute atomic E-state index is 0.133. The Bertz CT molecular complexity index is 1630. The van der Waals surface area contributed by atoms with Gasteiger partial charge in [-0.05, 0) is 75.7 Å². The quantitative estimate of drug-likeness (QED) is 0.366. The summed E-state index contributed by atoms with van der Waals surface area (Å²) in [7, 11) is 2.20. The van der Waals surface area contributed by atoms with E-state index in [0.29, 0.717) is 44.7 Å². The molecule has 236 valence electrons. The van der Waals surface area contributed by atoms with Gasteiger partial charge in [-0.1, -0.05) is 35.9 Å². The highest BCUT2D eigenvalue weighted by atomic mass is 35.5. The lowest BCUT2D eigenvalue weighted by Crippen LogP contribution is -2.55. The van der Waals surface area contributed by atoms with Crippen LogP contribution in [-0.2, 0) is 13.0 Å². The molecule has 0 bridgehead atoms. The molecule has 11 heteroatoms. The van der Waals surface area contributed by atoms with Gasteiger partial charge in [-0.2, -0.15) is 15.2 Å². The summed E-state index contributed by atoms with van der Waals surface area (Å²) in [5.74, 6) is 1.47. The second-order valence-electron chi connectivity index (χ2n) is 13.2. The molecule has 45 heavy (non-hydrogen) atoms. The van der Waals surface area contributed by atoms with Gasteiger partial charge in [-0.25, -0.2) is 4.79 Å². The van der Waals surface area contributed by atoms with Crippen LogP contribution < -0.4 is 14.5 Å². The average molecular weight is 630 g/mol. The van der Waals surface area contributed by atoms with E-state index < -0.39 is 12.1 Å². The second kappa shape index (κ2) is 12.2. The number of hydrogen-bond donors (Lipinski definition) is 1. The van der Waals surface area contributed by atoms with Gasteiger partial charge in [0.05, 0.1) is 42.4 Å². The first-order valence-corrected chi connectivity index (χ1v) is 16.5. The largest absolute Gasteiger partial charge is 0.465 e. The molecule has 1 aromatic heterocycles. The smallest absolute Gasteiger partial charge is 0.407 e. The number of carboxylic acid groups (broad SMARTS) is 1. The molecule has 3 fully saturated rings. The number of likely N-dealkylation sites (tertiary alicyclic amines) is 1. The molecule has 1 amide bonds. The Morgan fingerprint density at radius 2 is 1.87 bits per heavy atom. The minimum Gasteiger partial charge on any atom is -0.465 e. The number of carbonyl (C=O) groups is 1. The number of anilines is 2. The first-order chi connectivity index (χ1) is 21.8. The molecule has 4 aliphatic rings. The van der Waals surface area contributed by atoms with Gasteiger partial charge in [0, 0.05) is 48.2 Å². The van der Waals surface area contributed by atoms with Gasteiger partial charge in [-0.3, -0.25) is 0 Å². The normalized spacial score (nSPS) is 21.8. The summed E-state index contributed by atoms with van der Waals surface area (Å²) in [6.07, 6.45) is 4.64. The van der Waals surface area contributed by atoms with Crippen molar-refractivity contribution in [2.24, 2.45) is 11.3 Å². The third-order valence-corrected chi connectivity index (χ3v) is 10.8. The van der Waals surface area contributed by atoms with Crippen LogP contribution >= 0.6 is 11.6 Å². The van der Waals surface area contributed by atoms with Gasteiger partial charge in [0.2, 0.25) is 0 Å². The van der Waals surface area contributed by atoms with Gasteiger partial charge in [0.15, 0.2) is 0 Å². The minimum atomic E-state index is -0.989. The van der Waals surface area contributed by atoms with Crippen LogP contribution in [0.1, 0.15) is 43.4 Å². The number of rotatable bonds is 7. The van der Waals surface area contributed by atoms with Gasteiger partial charge in [0.1, 0.15) is 5.82 Å². The predicted octanol–water partition coefficient (Wildman–Crippen LogP) is 5.43. The summed E-state index contributed by atoms with van der Waals surface area (Å²) >= 11 is 6.72. The van der Waals surface area contributed by atoms with Crippen LogP contribution in [0.4, 0.5) is 16.3 Å². The highest BCUT2D eigenvalue weighted by molar-refractivity contribution is 6.36. The second-order valence-corrected chi connectivity index (χ2v) is 13.6. The van der Waals surface area contributed by atoms with Crippen LogP contribution in [0.2, 0.25) is 5.02 Å². The van der Waals surface area contributed by atoms with Crippen molar-refractivity contribution in [1.82, 2.24) is 19.8 Å². The summed E-state index contributed by atoms with van der Waals surface area (Å²) in [5.41, 5.74) is 3.28. The number of nitrogens with zero attached hydrogens (tertiary/aromatic N) is 7. The Morgan fingerprint density at radius 1 is 1.09 bits per heavy atom. The Labute approximate surface area is 269 Å². The van der Waals surface area contributed by atoms with E-state index in [9.17, 15) is 15.2 Å². The van der Waals surface area contributed by atoms with Crippen molar-refractivity contribution >= 4 is 40.0 Å². The Balaban J connectivity index is 1.20. The van der Waals surface area contributed by atoms with Crippen molar-refractivity contribution in [2.45, 2.75) is 51.1 Å². The summed E-state index contributed by atoms with van der Waals surface area (Å²) in [4.78, 5) is 30.2. The van der Waals surface area contributed by atoms with Gasteiger partial charge < -0.3 is 29.4 Å². The summed E-state index contributed by atoms with van der Waals surface area (Å²) in [6.45, 7) is 5.46. The molecule has 7 rings (SSSR count). The third kappa shape index (κ3) is 5.84. The number of piperazine rings is 1. The fourth-order valence-corrected chi connectivity index (χ4v) is 7.98. The van der Waals surface area contributed by atoms with E-state index in [0.717, 1.165) is 64.6 Å². The lowest BCUT2D eigenvalue weighted by molar-refractivity contribution is 0.107. The first-order valence-electron chi connectivity index (χ1n) is 16.1. The summed E-state index contributed by atoms with van der Waals surface area (Å²) < 4.78 is 6.52. The van der Waals surface area contributed by atoms with Crippen LogP contribution in [0.25, 0.3) is 10.8 Å². The summed E-state index contributed by atoms with van der Waals surface area (Å²) in [6, 6.07) is 14.4. The van der Waals surface area contributed by atoms with Gasteiger partial charge in [-0.15, -0.1) is 0 Å². The van der Waals surface area contributed by atoms with Crippen molar-refractivity contribution in [3.8, 4) is 12.1 Å². The lowest BCUT2D eigenvalue weighted by Gasteiger charge is -2.41. The number of fused-ring (bicyclic) bond motifs is 2. The summed E-state index contributed by atoms with van der Waals surface area (Å²) in [5, 5.41) is 22.1. The van der Waals surface area contributed by atoms with Crippen LogP contribution in [0, 0.1) is 22.7 Å². The maximum absolute atomic E-state index is 11.9. The van der Waals surface area contributed by atoms with E-state index in [1.165, 1.54) is 30.6 Å². The number of hydrogen-bond acceptors (Lipinski definition) is 8. The standard InChI is InChI=1S/C34H40ClN7O3/c1-39-15-9-24(10-16-39)34(12-13-34)22-45-32-37-28-21-40(29-7-3-5-23-4-2-6-27(35)30(23)29)17-11-26(28)31(38-32)41-18-19-42(33(43)44)25(20-41)8-14-36/h2-7,24-25H,8-13,15-22H2,1H3,(H,43,44). The Hall–Kier alpha value is -3.81. The maximum Gasteiger partial charge on any atom is 0.407 e. The zero-order chi connectivity index (χ0) is 31.1. The Morgan fingerprint density at radius 3 is 2.60 bits per heavy atom. The van der Waals surface area contributed by atoms with Crippen molar-refractivity contribution in [3.05, 3.63) is 52.7 Å². The maximum atomic E-state index is 11.9. The zero-order valence-electron chi connectivity index (χ0n) is 25.8. The number of halogens is 1. The van der Waals surface area contributed by atoms with E-state index in [4.69, 9.17) is 26.3 Å². The van der Waals surface area contributed by atoms with E-state index in [-0.39, 0.29) is 11.8 Å². The molecule has 1 unspecified atom stereocenters. The molecule has 0 spiro atoms. The van der Waals surface area contributed by atoms with Crippen molar-refractivity contribution in [2.75, 3.05) is 62.7 Å². The fraction of sp³-hybridized carbons (Fsp3) is 0.529. The molecule has 2 aromatic carbocycles. The molecule has 2 saturated heterocycles. The first kappa shape index (κ1) is 29.9. The molecule has 1 saturated carbocycles. The molecule has 1 aliphatic carbocycles. The number of benzene rings is 2. The predicted molar refractivity (Wildman–Crippen MR) is 174 cm³/mol. The number of aromatic nitrogens is 2. The molecule has 0 radical (unpaired) electrons. The monoisotopic (exact) mass is 629 g/mol. The number of ether oxygens (including phenoxy) is 1. The van der Waals surface area contributed by atoms with Crippen molar-refractivity contribution < 1.29 is 14.6 Å². The van der Waals surface area contributed by atoms with E-state index >= 15 is 0 Å². The molecule has 4 heterocycles. The number of piperidine rings is 1. The fourth-order valence-electron chi connectivity index (χ4n) is 7.70. The topological polar surface area (TPSA) is 109 Å². The number of amides is 1. The number of nitriles is 1. The SMILES string of the molecule is CN1CCC(C2(COc3nc4c(c(N5CCN(C(=O)O)C(CC#N)C5)n3)CCN(c3cccc5cccc(Cl)c35)C4)CC2)CC1. The molecule has 1 N–H and O–H groups in total. The zero-order valence-corrected chi connectivity index (χ0v) is 26.5. The van der Waals surface area contributed by atoms with Crippen LogP contribution in [-0.4, -0.2) is 89.9 Å². The molecule has 3 aromatic rings. The molecule has 3 aliphatic heterocycles. The molecular weight excluding hydrogens is 590 g/mol. The molecule has 1 atom stereocenters. The highest BCUT2D eigenvalue weighted by Gasteiger charge is 2.50. The van der Waals surface area contributed by atoms with E-state index in [1.807, 2.05) is 12.1 Å². The van der Waals surface area contributed by atoms with Crippen molar-refractivity contribution in [1.29, 1.82) is 5.26 Å². The third-order valence-electron chi connectivity index (χ3n) is 10.5. The van der Waals surface area contributed by atoms with Gasteiger partial charge in [0.25, 0.3) is 0 Å². The van der Waals surface area contributed by atoms with Crippen LogP contribution in [0.3, 0.4) is 0 Å². The lowest BCUT2D eigenvalue weighted by atomic mass is 9.82. The van der Waals surface area contributed by atoms with Gasteiger partial charge >= 0.3 is 12.1 Å². The van der Waals surface area contributed by atoms with Crippen molar-refractivity contribution in [3.63, 3.8) is 0 Å². The van der Waals surface area contributed by atoms with E-state index in [2.05, 4.69) is 52.1 Å². The molecule has 10 nitrogen and oxygen atoms in total. The molecular formula is C34H40ClN7O3. The van der Waals surface area contributed by atoms with E-state index in [1.54, 1.807) is 0 Å². The van der Waals surface area contributed by atoms with Crippen LogP contribution in [0.5, 0.6) is 6.01 Å². The average Bonchev–Trinajstić information content (AvgIpc) is 3.84. The van der Waals surface area contributed by atoms with Crippen LogP contribution in [0.15, 0.2) is 36.4 Å². The highest BCUT2D eigenvalue weighted by Crippen LogP contribution is 2.55. The Kier molecular flexibility index (Phi) is 8.09.